The van der Waals surface area contributed by atoms with E-state index in [2.05, 4.69) is 10.1 Å². The second kappa shape index (κ2) is 6.34. The van der Waals surface area contributed by atoms with Crippen molar-refractivity contribution in [2.45, 2.75) is 39.2 Å². The molecule has 0 spiro atoms. The molecule has 1 aromatic rings. The molecular weight excluding hydrogens is 222 g/mol. The Bertz CT molecular complexity index is 363. The third-order valence-electron chi connectivity index (χ3n) is 2.31. The average Bonchev–Trinajstić information content (AvgIpc) is 2.63. The van der Waals surface area contributed by atoms with Crippen molar-refractivity contribution < 1.29 is 14.4 Å². The number of aromatic nitrogens is 2. The van der Waals surface area contributed by atoms with Gasteiger partial charge in [0.15, 0.2) is 5.82 Å². The topological polar surface area (TPSA) is 79.5 Å². The minimum Gasteiger partial charge on any atom is -0.392 e. The van der Waals surface area contributed by atoms with Gasteiger partial charge in [-0.25, -0.2) is 0 Å². The molecule has 96 valence electrons. The van der Waals surface area contributed by atoms with Crippen LogP contribution in [0.3, 0.4) is 0 Å². The van der Waals surface area contributed by atoms with E-state index in [0.717, 1.165) is 0 Å². The molecular formula is C11H19N3O3. The van der Waals surface area contributed by atoms with Crippen LogP contribution in [-0.4, -0.2) is 45.8 Å². The molecule has 0 aliphatic heterocycles. The van der Waals surface area contributed by atoms with E-state index in [1.807, 2.05) is 0 Å². The maximum atomic E-state index is 11.6. The molecule has 0 aliphatic rings. The zero-order valence-corrected chi connectivity index (χ0v) is 10.5. The minimum atomic E-state index is -0.498. The minimum absolute atomic E-state index is 0.0159. The normalized spacial score (nSPS) is 12.5. The van der Waals surface area contributed by atoms with Crippen molar-refractivity contribution in [1.82, 2.24) is 15.0 Å². The van der Waals surface area contributed by atoms with Gasteiger partial charge in [0.05, 0.1) is 6.10 Å². The Morgan fingerprint density at radius 1 is 1.59 bits per heavy atom. The predicted octanol–water partition coefficient (Wildman–Crippen LogP) is 0.540. The summed E-state index contributed by atoms with van der Waals surface area (Å²) in [7, 11) is 1.69. The summed E-state index contributed by atoms with van der Waals surface area (Å²) in [4.78, 5) is 17.2. The number of amides is 1. The number of carbonyl (C=O) groups excluding carboxylic acids is 1. The van der Waals surface area contributed by atoms with E-state index in [4.69, 9.17) is 9.63 Å². The van der Waals surface area contributed by atoms with Crippen LogP contribution in [0.2, 0.25) is 0 Å². The first-order valence-corrected chi connectivity index (χ1v) is 5.70. The molecule has 0 radical (unpaired) electrons. The van der Waals surface area contributed by atoms with E-state index in [0.29, 0.717) is 37.5 Å². The summed E-state index contributed by atoms with van der Waals surface area (Å²) in [5, 5.41) is 12.8. The first-order valence-electron chi connectivity index (χ1n) is 5.70. The summed E-state index contributed by atoms with van der Waals surface area (Å²) < 4.78 is 4.95. The van der Waals surface area contributed by atoms with E-state index in [1.54, 1.807) is 20.9 Å². The third kappa shape index (κ3) is 4.95. The molecule has 1 rings (SSSR count). The Morgan fingerprint density at radius 3 is 2.82 bits per heavy atom. The number of aliphatic hydroxyl groups excluding tert-OH is 1. The van der Waals surface area contributed by atoms with Crippen LogP contribution in [0.5, 0.6) is 0 Å². The van der Waals surface area contributed by atoms with Crippen LogP contribution < -0.4 is 0 Å². The number of hydrogen-bond donors (Lipinski definition) is 1. The SMILES string of the molecule is Cc1noc(CCCC(=O)N(C)CC(C)O)n1. The first kappa shape index (κ1) is 13.6. The van der Waals surface area contributed by atoms with Gasteiger partial charge in [0.1, 0.15) is 0 Å². The summed E-state index contributed by atoms with van der Waals surface area (Å²) in [6.45, 7) is 3.78. The zero-order valence-electron chi connectivity index (χ0n) is 10.5. The molecule has 0 aromatic carbocycles. The number of nitrogens with zero attached hydrogens (tertiary/aromatic N) is 3. The van der Waals surface area contributed by atoms with Crippen molar-refractivity contribution in [3.63, 3.8) is 0 Å². The van der Waals surface area contributed by atoms with Gasteiger partial charge < -0.3 is 14.5 Å². The first-order chi connectivity index (χ1) is 7.99. The standard InChI is InChI=1S/C11H19N3O3/c1-8(15)7-14(3)11(16)6-4-5-10-12-9(2)13-17-10/h8,15H,4-7H2,1-3H3. The van der Waals surface area contributed by atoms with Crippen molar-refractivity contribution in [2.24, 2.45) is 0 Å². The van der Waals surface area contributed by atoms with Gasteiger partial charge in [-0.15, -0.1) is 0 Å². The van der Waals surface area contributed by atoms with Crippen molar-refractivity contribution in [3.8, 4) is 0 Å². The van der Waals surface area contributed by atoms with Crippen molar-refractivity contribution in [3.05, 3.63) is 11.7 Å². The highest BCUT2D eigenvalue weighted by atomic mass is 16.5. The molecule has 1 amide bonds. The number of hydrogen-bond acceptors (Lipinski definition) is 5. The third-order valence-corrected chi connectivity index (χ3v) is 2.31. The van der Waals surface area contributed by atoms with Crippen LogP contribution in [0, 0.1) is 6.92 Å². The molecule has 0 fully saturated rings. The molecule has 1 aromatic heterocycles. The fourth-order valence-electron chi connectivity index (χ4n) is 1.52. The van der Waals surface area contributed by atoms with Crippen LogP contribution in [0.4, 0.5) is 0 Å². The predicted molar refractivity (Wildman–Crippen MR) is 61.3 cm³/mol. The Kier molecular flexibility index (Phi) is 5.09. The van der Waals surface area contributed by atoms with E-state index in [1.165, 1.54) is 4.90 Å². The molecule has 1 unspecified atom stereocenters. The molecule has 0 saturated heterocycles. The van der Waals surface area contributed by atoms with Crippen LogP contribution >= 0.6 is 0 Å². The number of aliphatic hydroxyl groups is 1. The Hall–Kier alpha value is -1.43. The monoisotopic (exact) mass is 241 g/mol. The Balaban J connectivity index is 2.24. The molecule has 17 heavy (non-hydrogen) atoms. The van der Waals surface area contributed by atoms with E-state index >= 15 is 0 Å². The van der Waals surface area contributed by atoms with Gasteiger partial charge in [-0.2, -0.15) is 4.98 Å². The maximum absolute atomic E-state index is 11.6. The molecule has 1 heterocycles. The highest BCUT2D eigenvalue weighted by Crippen LogP contribution is 2.04. The van der Waals surface area contributed by atoms with E-state index in [-0.39, 0.29) is 5.91 Å². The summed E-state index contributed by atoms with van der Waals surface area (Å²) >= 11 is 0. The van der Waals surface area contributed by atoms with Gasteiger partial charge in [-0.1, -0.05) is 5.16 Å². The lowest BCUT2D eigenvalue weighted by Gasteiger charge is -2.18. The van der Waals surface area contributed by atoms with Gasteiger partial charge in [-0.3, -0.25) is 4.79 Å². The molecule has 6 nitrogen and oxygen atoms in total. The molecule has 6 heteroatoms. The molecule has 1 N–H and O–H groups in total. The Labute approximate surface area is 101 Å². The average molecular weight is 241 g/mol. The second-order valence-electron chi connectivity index (χ2n) is 4.21. The highest BCUT2D eigenvalue weighted by Gasteiger charge is 2.11. The lowest BCUT2D eigenvalue weighted by Crippen LogP contribution is -2.32. The van der Waals surface area contributed by atoms with Gasteiger partial charge in [0.2, 0.25) is 11.8 Å². The second-order valence-corrected chi connectivity index (χ2v) is 4.21. The van der Waals surface area contributed by atoms with Crippen molar-refractivity contribution >= 4 is 5.91 Å². The quantitative estimate of drug-likeness (QED) is 0.786. The summed E-state index contributed by atoms with van der Waals surface area (Å²) in [5.74, 6) is 1.19. The summed E-state index contributed by atoms with van der Waals surface area (Å²) in [6, 6.07) is 0. The number of likely N-dealkylation sites (N-methyl/N-ethyl adjacent to an activating group) is 1. The lowest BCUT2D eigenvalue weighted by molar-refractivity contribution is -0.131. The van der Waals surface area contributed by atoms with Gasteiger partial charge in [0, 0.05) is 26.4 Å². The lowest BCUT2D eigenvalue weighted by atomic mass is 10.2. The van der Waals surface area contributed by atoms with Gasteiger partial charge in [-0.05, 0) is 20.3 Å². The molecule has 0 saturated carbocycles. The van der Waals surface area contributed by atoms with E-state index < -0.39 is 6.10 Å². The van der Waals surface area contributed by atoms with Crippen LogP contribution in [0.25, 0.3) is 0 Å². The molecule has 0 aliphatic carbocycles. The zero-order chi connectivity index (χ0) is 12.8. The number of rotatable bonds is 6. The number of carbonyl (C=O) groups is 1. The van der Waals surface area contributed by atoms with Gasteiger partial charge >= 0.3 is 0 Å². The maximum Gasteiger partial charge on any atom is 0.226 e. The fourth-order valence-corrected chi connectivity index (χ4v) is 1.52. The molecule has 0 bridgehead atoms. The fraction of sp³-hybridized carbons (Fsp3) is 0.727. The molecule has 1 atom stereocenters. The summed E-state index contributed by atoms with van der Waals surface area (Å²) in [6.07, 6.45) is 1.20. The highest BCUT2D eigenvalue weighted by molar-refractivity contribution is 5.75. The van der Waals surface area contributed by atoms with Crippen LogP contribution in [0.1, 0.15) is 31.5 Å². The van der Waals surface area contributed by atoms with E-state index in [9.17, 15) is 4.79 Å². The Morgan fingerprint density at radius 2 is 2.29 bits per heavy atom. The van der Waals surface area contributed by atoms with Crippen molar-refractivity contribution in [1.29, 1.82) is 0 Å². The number of aryl methyl sites for hydroxylation is 2. The van der Waals surface area contributed by atoms with Crippen LogP contribution in [-0.2, 0) is 11.2 Å². The van der Waals surface area contributed by atoms with Crippen LogP contribution in [0.15, 0.2) is 4.52 Å². The smallest absolute Gasteiger partial charge is 0.226 e. The largest absolute Gasteiger partial charge is 0.392 e. The van der Waals surface area contributed by atoms with Gasteiger partial charge in [0.25, 0.3) is 0 Å². The van der Waals surface area contributed by atoms with Crippen molar-refractivity contribution in [2.75, 3.05) is 13.6 Å². The summed E-state index contributed by atoms with van der Waals surface area (Å²) in [5.41, 5.74) is 0.